The highest BCUT2D eigenvalue weighted by Crippen LogP contribution is 2.27. The van der Waals surface area contributed by atoms with Gasteiger partial charge in [-0.1, -0.05) is 38.1 Å². The molecule has 0 aliphatic heterocycles. The summed E-state index contributed by atoms with van der Waals surface area (Å²) in [5.41, 5.74) is 2.14. The third-order valence-electron chi connectivity index (χ3n) is 3.27. The molecule has 0 radical (unpaired) electrons. The van der Waals surface area contributed by atoms with Crippen LogP contribution in [0.25, 0.3) is 11.1 Å². The molecule has 1 nitrogen and oxygen atoms in total. The van der Waals surface area contributed by atoms with Crippen molar-refractivity contribution in [3.63, 3.8) is 0 Å². The Kier molecular flexibility index (Phi) is 4.14. The minimum atomic E-state index is -0.596. The molecule has 0 bridgehead atoms. The zero-order chi connectivity index (χ0) is 14.7. The highest BCUT2D eigenvalue weighted by atomic mass is 19.1. The van der Waals surface area contributed by atoms with Gasteiger partial charge >= 0.3 is 0 Å². The number of hydrogen-bond donors (Lipinski definition) is 0. The summed E-state index contributed by atoms with van der Waals surface area (Å²) in [6, 6.07) is 13.0. The van der Waals surface area contributed by atoms with E-state index in [9.17, 15) is 8.78 Å². The lowest BCUT2D eigenvalue weighted by Gasteiger charge is -2.13. The Morgan fingerprint density at radius 2 is 1.45 bits per heavy atom. The lowest BCUT2D eigenvalue weighted by atomic mass is 9.89. The Labute approximate surface area is 117 Å². The molecule has 0 spiro atoms. The van der Waals surface area contributed by atoms with E-state index in [0.29, 0.717) is 5.56 Å². The quantitative estimate of drug-likeness (QED) is 0.779. The van der Waals surface area contributed by atoms with E-state index in [4.69, 9.17) is 5.26 Å². The molecule has 20 heavy (non-hydrogen) atoms. The predicted octanol–water partition coefficient (Wildman–Crippen LogP) is 4.89. The molecule has 1 unspecified atom stereocenters. The van der Waals surface area contributed by atoms with E-state index < -0.39 is 11.6 Å². The highest BCUT2D eigenvalue weighted by Gasteiger charge is 2.14. The van der Waals surface area contributed by atoms with Crippen LogP contribution in [0, 0.1) is 28.9 Å². The van der Waals surface area contributed by atoms with Crippen molar-refractivity contribution in [2.45, 2.75) is 19.8 Å². The second-order valence-electron chi connectivity index (χ2n) is 5.13. The van der Waals surface area contributed by atoms with E-state index >= 15 is 0 Å². The Balaban J connectivity index is 2.35. The smallest absolute Gasteiger partial charge is 0.126 e. The molecule has 0 aliphatic carbocycles. The van der Waals surface area contributed by atoms with Crippen molar-refractivity contribution in [2.75, 3.05) is 0 Å². The zero-order valence-corrected chi connectivity index (χ0v) is 11.4. The van der Waals surface area contributed by atoms with E-state index in [0.717, 1.165) is 17.2 Å². The maximum atomic E-state index is 13.2. The molecule has 0 saturated carbocycles. The molecule has 2 aromatic carbocycles. The van der Waals surface area contributed by atoms with Crippen LogP contribution in [-0.2, 0) is 0 Å². The van der Waals surface area contributed by atoms with Crippen LogP contribution in [-0.4, -0.2) is 0 Å². The molecule has 2 aromatic rings. The number of halogens is 2. The number of nitrogens with zero attached hydrogens (tertiary/aromatic N) is 1. The van der Waals surface area contributed by atoms with Gasteiger partial charge < -0.3 is 0 Å². The molecule has 0 saturated heterocycles. The first-order valence-electron chi connectivity index (χ1n) is 6.47. The molecular weight excluding hydrogens is 256 g/mol. The summed E-state index contributed by atoms with van der Waals surface area (Å²) >= 11 is 0. The van der Waals surface area contributed by atoms with E-state index in [1.165, 1.54) is 12.1 Å². The van der Waals surface area contributed by atoms with Gasteiger partial charge in [0.2, 0.25) is 0 Å². The molecule has 102 valence electrons. The van der Waals surface area contributed by atoms with E-state index in [1.807, 2.05) is 26.0 Å². The first-order valence-corrected chi connectivity index (χ1v) is 6.47. The topological polar surface area (TPSA) is 23.8 Å². The van der Waals surface area contributed by atoms with Gasteiger partial charge in [-0.2, -0.15) is 5.26 Å². The summed E-state index contributed by atoms with van der Waals surface area (Å²) in [4.78, 5) is 0. The van der Waals surface area contributed by atoms with Gasteiger partial charge in [-0.3, -0.25) is 0 Å². The van der Waals surface area contributed by atoms with Gasteiger partial charge in [-0.25, -0.2) is 8.78 Å². The molecule has 0 heterocycles. The Hall–Kier alpha value is -2.21. The van der Waals surface area contributed by atoms with Crippen LogP contribution >= 0.6 is 0 Å². The fourth-order valence-electron chi connectivity index (χ4n) is 2.21. The van der Waals surface area contributed by atoms with Crippen molar-refractivity contribution in [3.8, 4) is 17.2 Å². The van der Waals surface area contributed by atoms with Gasteiger partial charge in [-0.05, 0) is 34.7 Å². The molecular formula is C17H15F2N. The van der Waals surface area contributed by atoms with Crippen LogP contribution in [0.15, 0.2) is 42.5 Å². The van der Waals surface area contributed by atoms with Crippen LogP contribution < -0.4 is 0 Å². The number of nitriles is 1. The van der Waals surface area contributed by atoms with Gasteiger partial charge in [0.25, 0.3) is 0 Å². The SMILES string of the molecule is CC(C)C(C#N)c1ccc(-c2cc(F)cc(F)c2)cc1. The van der Waals surface area contributed by atoms with Crippen LogP contribution in [0.5, 0.6) is 0 Å². The molecule has 0 amide bonds. The first-order chi connectivity index (χ1) is 9.51. The number of benzene rings is 2. The van der Waals surface area contributed by atoms with Gasteiger partial charge in [0, 0.05) is 6.07 Å². The largest absolute Gasteiger partial charge is 0.207 e. The molecule has 1 atom stereocenters. The zero-order valence-electron chi connectivity index (χ0n) is 11.4. The average molecular weight is 271 g/mol. The van der Waals surface area contributed by atoms with Crippen molar-refractivity contribution < 1.29 is 8.78 Å². The molecule has 0 aromatic heterocycles. The summed E-state index contributed by atoms with van der Waals surface area (Å²) < 4.78 is 26.4. The highest BCUT2D eigenvalue weighted by molar-refractivity contribution is 5.64. The standard InChI is InChI=1S/C17H15F2N/c1-11(2)17(10-20)13-5-3-12(4-6-13)14-7-15(18)9-16(19)8-14/h3-9,11,17H,1-2H3. The van der Waals surface area contributed by atoms with Gasteiger partial charge in [-0.15, -0.1) is 0 Å². The number of hydrogen-bond acceptors (Lipinski definition) is 1. The Morgan fingerprint density at radius 1 is 0.900 bits per heavy atom. The average Bonchev–Trinajstić information content (AvgIpc) is 2.38. The van der Waals surface area contributed by atoms with Crippen LogP contribution in [0.3, 0.4) is 0 Å². The molecule has 2 rings (SSSR count). The minimum Gasteiger partial charge on any atom is -0.207 e. The fourth-order valence-corrected chi connectivity index (χ4v) is 2.21. The minimum absolute atomic E-state index is 0.173. The summed E-state index contributed by atoms with van der Waals surface area (Å²) in [7, 11) is 0. The fraction of sp³-hybridized carbons (Fsp3) is 0.235. The number of rotatable bonds is 3. The van der Waals surface area contributed by atoms with Gasteiger partial charge in [0.15, 0.2) is 0 Å². The van der Waals surface area contributed by atoms with E-state index in [2.05, 4.69) is 6.07 Å². The second-order valence-corrected chi connectivity index (χ2v) is 5.13. The van der Waals surface area contributed by atoms with Crippen molar-refractivity contribution in [1.82, 2.24) is 0 Å². The lowest BCUT2D eigenvalue weighted by molar-refractivity contribution is 0.584. The maximum Gasteiger partial charge on any atom is 0.126 e. The monoisotopic (exact) mass is 271 g/mol. The van der Waals surface area contributed by atoms with Crippen LogP contribution in [0.2, 0.25) is 0 Å². The molecule has 0 aliphatic rings. The van der Waals surface area contributed by atoms with Crippen LogP contribution in [0.4, 0.5) is 8.78 Å². The van der Waals surface area contributed by atoms with Crippen molar-refractivity contribution in [3.05, 3.63) is 59.7 Å². The van der Waals surface area contributed by atoms with E-state index in [1.54, 1.807) is 12.1 Å². The Morgan fingerprint density at radius 3 is 1.90 bits per heavy atom. The van der Waals surface area contributed by atoms with E-state index in [-0.39, 0.29) is 11.8 Å². The molecule has 0 fully saturated rings. The van der Waals surface area contributed by atoms with Gasteiger partial charge in [0.1, 0.15) is 11.6 Å². The normalized spacial score (nSPS) is 12.2. The third kappa shape index (κ3) is 3.03. The van der Waals surface area contributed by atoms with Crippen molar-refractivity contribution in [1.29, 1.82) is 5.26 Å². The first kappa shape index (κ1) is 14.2. The van der Waals surface area contributed by atoms with Crippen molar-refractivity contribution >= 4 is 0 Å². The van der Waals surface area contributed by atoms with Crippen LogP contribution in [0.1, 0.15) is 25.3 Å². The molecule has 3 heteroatoms. The second kappa shape index (κ2) is 5.83. The summed E-state index contributed by atoms with van der Waals surface area (Å²) in [5.74, 6) is -1.15. The summed E-state index contributed by atoms with van der Waals surface area (Å²) in [6.45, 7) is 3.98. The Bertz CT molecular complexity index is 619. The van der Waals surface area contributed by atoms with Crippen molar-refractivity contribution in [2.24, 2.45) is 5.92 Å². The van der Waals surface area contributed by atoms with Gasteiger partial charge in [0.05, 0.1) is 12.0 Å². The summed E-state index contributed by atoms with van der Waals surface area (Å²) in [6.07, 6.45) is 0. The lowest BCUT2D eigenvalue weighted by Crippen LogP contribution is -2.03. The molecule has 0 N–H and O–H groups in total. The predicted molar refractivity (Wildman–Crippen MR) is 75.0 cm³/mol. The summed E-state index contributed by atoms with van der Waals surface area (Å²) in [5, 5.41) is 9.16. The third-order valence-corrected chi connectivity index (χ3v) is 3.27. The maximum absolute atomic E-state index is 13.2.